The van der Waals surface area contributed by atoms with Crippen LogP contribution in [0.3, 0.4) is 0 Å². The predicted octanol–water partition coefficient (Wildman–Crippen LogP) is 4.32. The molecule has 0 radical (unpaired) electrons. The molecule has 8 nitrogen and oxygen atoms in total. The number of nitrogens with one attached hydrogen (secondary N) is 1. The van der Waals surface area contributed by atoms with Gasteiger partial charge in [-0.15, -0.1) is 13.2 Å². The molecular weight excluding hydrogens is 449 g/mol. The maximum Gasteiger partial charge on any atom is 0.573 e. The van der Waals surface area contributed by atoms with E-state index in [0.29, 0.717) is 23.0 Å². The highest BCUT2D eigenvalue weighted by Crippen LogP contribution is 2.45. The summed E-state index contributed by atoms with van der Waals surface area (Å²) in [5, 5.41) is 12.8. The Morgan fingerprint density at radius 1 is 1.06 bits per heavy atom. The molecule has 3 aromatic rings. The summed E-state index contributed by atoms with van der Waals surface area (Å²) in [4.78, 5) is 19.6. The van der Waals surface area contributed by atoms with Gasteiger partial charge in [-0.2, -0.15) is 0 Å². The van der Waals surface area contributed by atoms with Gasteiger partial charge in [0.05, 0.1) is 6.10 Å². The number of pyridine rings is 2. The molecule has 0 bridgehead atoms. The Morgan fingerprint density at radius 2 is 1.85 bits per heavy atom. The minimum Gasteiger partial charge on any atom is -0.406 e. The third kappa shape index (κ3) is 5.04. The Labute approximate surface area is 193 Å². The van der Waals surface area contributed by atoms with E-state index in [1.54, 1.807) is 24.5 Å². The highest BCUT2D eigenvalue weighted by molar-refractivity contribution is 5.65. The van der Waals surface area contributed by atoms with Crippen LogP contribution in [0.15, 0.2) is 48.9 Å². The van der Waals surface area contributed by atoms with Gasteiger partial charge in [-0.1, -0.05) is 0 Å². The molecule has 1 aliphatic carbocycles. The zero-order chi connectivity index (χ0) is 23.8. The summed E-state index contributed by atoms with van der Waals surface area (Å²) in [6.07, 6.45) is 3.11. The summed E-state index contributed by atoms with van der Waals surface area (Å²) >= 11 is 0. The fraction of sp³-hybridized carbons (Fsp3) is 0.391. The van der Waals surface area contributed by atoms with Gasteiger partial charge in [-0.05, 0) is 43.9 Å². The molecule has 178 valence electrons. The van der Waals surface area contributed by atoms with Crippen molar-refractivity contribution in [1.82, 2.24) is 19.9 Å². The maximum atomic E-state index is 12.6. The van der Waals surface area contributed by atoms with Crippen LogP contribution in [0.1, 0.15) is 25.7 Å². The largest absolute Gasteiger partial charge is 0.573 e. The van der Waals surface area contributed by atoms with Crippen LogP contribution in [0.25, 0.3) is 11.4 Å². The summed E-state index contributed by atoms with van der Waals surface area (Å²) < 4.78 is 41.8. The van der Waals surface area contributed by atoms with Crippen LogP contribution in [0.4, 0.5) is 30.6 Å². The first-order chi connectivity index (χ1) is 16.3. The number of aliphatic hydroxyl groups is 1. The van der Waals surface area contributed by atoms with Crippen molar-refractivity contribution in [3.63, 3.8) is 0 Å². The number of nitrogens with zero attached hydrogens (tertiary/aromatic N) is 5. The highest BCUT2D eigenvalue weighted by Gasteiger charge is 2.45. The monoisotopic (exact) mass is 472 g/mol. The van der Waals surface area contributed by atoms with Crippen molar-refractivity contribution in [3.8, 4) is 17.1 Å². The van der Waals surface area contributed by atoms with Crippen molar-refractivity contribution in [2.45, 2.75) is 38.1 Å². The van der Waals surface area contributed by atoms with Gasteiger partial charge in [0.15, 0.2) is 5.82 Å². The summed E-state index contributed by atoms with van der Waals surface area (Å²) in [5.74, 6) is 1.31. The lowest BCUT2D eigenvalue weighted by atomic mass is 9.68. The SMILES string of the molecule is OC1CCC2(CC1)CN(c1cc(Nc3cc(OC(F)(F)F)ccn3)nc(-c3cccnc3)n1)C2. The molecule has 0 aromatic carbocycles. The average Bonchev–Trinajstić information content (AvgIpc) is 2.78. The number of aromatic nitrogens is 4. The predicted molar refractivity (Wildman–Crippen MR) is 119 cm³/mol. The number of anilines is 3. The van der Waals surface area contributed by atoms with Crippen molar-refractivity contribution in [2.75, 3.05) is 23.3 Å². The van der Waals surface area contributed by atoms with E-state index in [0.717, 1.165) is 50.9 Å². The second kappa shape index (κ2) is 8.71. The van der Waals surface area contributed by atoms with E-state index in [1.807, 2.05) is 6.07 Å². The molecule has 0 atom stereocenters. The maximum absolute atomic E-state index is 12.6. The first-order valence-electron chi connectivity index (χ1n) is 11.0. The van der Waals surface area contributed by atoms with Crippen LogP contribution in [0, 0.1) is 5.41 Å². The fourth-order valence-corrected chi connectivity index (χ4v) is 4.55. The standard InChI is InChI=1S/C23H23F3N6O2/c24-23(25,26)34-17-5-9-28-18(10-17)29-19-11-20(31-21(30-19)15-2-1-8-27-12-15)32-13-22(14-32)6-3-16(33)4-7-22/h1-2,5,8-12,16,33H,3-4,6-7,13-14H2,(H,28,29,30,31). The third-order valence-corrected chi connectivity index (χ3v) is 6.25. The van der Waals surface area contributed by atoms with Crippen molar-refractivity contribution in [1.29, 1.82) is 0 Å². The molecule has 1 aliphatic heterocycles. The van der Waals surface area contributed by atoms with Crippen molar-refractivity contribution in [3.05, 3.63) is 48.9 Å². The number of ether oxygens (including phenoxy) is 1. The molecule has 1 saturated heterocycles. The summed E-state index contributed by atoms with van der Waals surface area (Å²) in [6.45, 7) is 1.66. The molecule has 5 rings (SSSR count). The number of alkyl halides is 3. The molecular formula is C23H23F3N6O2. The minimum atomic E-state index is -4.79. The van der Waals surface area contributed by atoms with E-state index in [2.05, 4.69) is 29.9 Å². The van der Waals surface area contributed by atoms with Gasteiger partial charge < -0.3 is 20.1 Å². The zero-order valence-electron chi connectivity index (χ0n) is 18.2. The van der Waals surface area contributed by atoms with Gasteiger partial charge in [-0.3, -0.25) is 4.98 Å². The lowest BCUT2D eigenvalue weighted by Crippen LogP contribution is -2.58. The Morgan fingerprint density at radius 3 is 2.56 bits per heavy atom. The Bertz CT molecular complexity index is 1140. The molecule has 0 unspecified atom stereocenters. The van der Waals surface area contributed by atoms with Crippen LogP contribution in [-0.4, -0.2) is 50.6 Å². The van der Waals surface area contributed by atoms with Crippen molar-refractivity contribution >= 4 is 17.5 Å². The van der Waals surface area contributed by atoms with E-state index in [-0.39, 0.29) is 23.1 Å². The molecule has 0 amide bonds. The molecule has 2 fully saturated rings. The zero-order valence-corrected chi connectivity index (χ0v) is 18.2. The molecule has 2 N–H and O–H groups in total. The Balaban J connectivity index is 1.41. The van der Waals surface area contributed by atoms with Gasteiger partial charge in [0.25, 0.3) is 0 Å². The van der Waals surface area contributed by atoms with Gasteiger partial charge in [-0.25, -0.2) is 15.0 Å². The van der Waals surface area contributed by atoms with Gasteiger partial charge in [0.1, 0.15) is 23.2 Å². The van der Waals surface area contributed by atoms with Gasteiger partial charge >= 0.3 is 6.36 Å². The first-order valence-corrected chi connectivity index (χ1v) is 11.0. The van der Waals surface area contributed by atoms with Crippen LogP contribution < -0.4 is 15.0 Å². The number of halogens is 3. The number of hydrogen-bond donors (Lipinski definition) is 2. The summed E-state index contributed by atoms with van der Waals surface area (Å²) in [5.41, 5.74) is 0.905. The number of rotatable bonds is 5. The number of aliphatic hydroxyl groups excluding tert-OH is 1. The second-order valence-corrected chi connectivity index (χ2v) is 8.81. The van der Waals surface area contributed by atoms with E-state index in [4.69, 9.17) is 4.98 Å². The minimum absolute atomic E-state index is 0.157. The van der Waals surface area contributed by atoms with Gasteiger partial charge in [0.2, 0.25) is 0 Å². The second-order valence-electron chi connectivity index (χ2n) is 8.81. The van der Waals surface area contributed by atoms with E-state index in [9.17, 15) is 18.3 Å². The topological polar surface area (TPSA) is 96.3 Å². The van der Waals surface area contributed by atoms with E-state index in [1.165, 1.54) is 6.20 Å². The van der Waals surface area contributed by atoms with Gasteiger partial charge in [0, 0.05) is 54.8 Å². The lowest BCUT2D eigenvalue weighted by Gasteiger charge is -2.53. The third-order valence-electron chi connectivity index (χ3n) is 6.25. The van der Waals surface area contributed by atoms with Crippen molar-refractivity contribution in [2.24, 2.45) is 5.41 Å². The molecule has 4 heterocycles. The molecule has 11 heteroatoms. The lowest BCUT2D eigenvalue weighted by molar-refractivity contribution is -0.274. The van der Waals surface area contributed by atoms with Crippen molar-refractivity contribution < 1.29 is 23.0 Å². The smallest absolute Gasteiger partial charge is 0.406 e. The normalized spacial score (nSPS) is 17.9. The Kier molecular flexibility index (Phi) is 5.72. The van der Waals surface area contributed by atoms with E-state index < -0.39 is 6.36 Å². The van der Waals surface area contributed by atoms with E-state index >= 15 is 0 Å². The molecule has 2 aliphatic rings. The first kappa shape index (κ1) is 22.3. The van der Waals surface area contributed by atoms with Crippen LogP contribution in [0.5, 0.6) is 5.75 Å². The Hall–Kier alpha value is -3.47. The quantitative estimate of drug-likeness (QED) is 0.567. The summed E-state index contributed by atoms with van der Waals surface area (Å²) in [7, 11) is 0. The summed E-state index contributed by atoms with van der Waals surface area (Å²) in [6, 6.07) is 7.66. The number of hydrogen-bond acceptors (Lipinski definition) is 8. The average molecular weight is 472 g/mol. The fourth-order valence-electron chi connectivity index (χ4n) is 4.55. The van der Waals surface area contributed by atoms with Crippen LogP contribution in [0.2, 0.25) is 0 Å². The highest BCUT2D eigenvalue weighted by atomic mass is 19.4. The molecule has 34 heavy (non-hydrogen) atoms. The molecule has 1 spiro atoms. The van der Waals surface area contributed by atoms with Crippen LogP contribution >= 0.6 is 0 Å². The van der Waals surface area contributed by atoms with Crippen LogP contribution in [-0.2, 0) is 0 Å². The molecule has 1 saturated carbocycles. The molecule has 3 aromatic heterocycles.